The van der Waals surface area contributed by atoms with Gasteiger partial charge in [0.1, 0.15) is 0 Å². The summed E-state index contributed by atoms with van der Waals surface area (Å²) in [6.45, 7) is -0.397. The summed E-state index contributed by atoms with van der Waals surface area (Å²) >= 11 is 0. The van der Waals surface area contributed by atoms with E-state index in [-0.39, 0.29) is 5.95 Å². The highest BCUT2D eigenvalue weighted by atomic mass is 19.3. The van der Waals surface area contributed by atoms with Crippen molar-refractivity contribution in [1.29, 1.82) is 0 Å². The highest BCUT2D eigenvalue weighted by Crippen LogP contribution is 2.43. The summed E-state index contributed by atoms with van der Waals surface area (Å²) < 4.78 is 27.7. The van der Waals surface area contributed by atoms with Crippen molar-refractivity contribution in [2.75, 3.05) is 11.9 Å². The largest absolute Gasteiger partial charge is 0.347 e. The number of nitrogens with zero attached hydrogens (tertiary/aromatic N) is 4. The average Bonchev–Trinajstić information content (AvgIpc) is 2.89. The first kappa shape index (κ1) is 9.29. The number of nitrogens with one attached hydrogen (secondary N) is 1. The second-order valence-corrected chi connectivity index (χ2v) is 3.51. The van der Waals surface area contributed by atoms with Crippen LogP contribution in [0.4, 0.5) is 14.7 Å². The van der Waals surface area contributed by atoms with E-state index in [2.05, 4.69) is 20.8 Å². The lowest BCUT2D eigenvalue weighted by atomic mass is 10.2. The van der Waals surface area contributed by atoms with E-state index in [1.807, 2.05) is 0 Å². The van der Waals surface area contributed by atoms with Gasteiger partial charge in [0.2, 0.25) is 5.95 Å². The predicted molar refractivity (Wildman–Crippen MR) is 45.0 cm³/mol. The lowest BCUT2D eigenvalue weighted by molar-refractivity contribution is -0.00837. The van der Waals surface area contributed by atoms with E-state index in [4.69, 9.17) is 0 Å². The van der Waals surface area contributed by atoms with Gasteiger partial charge in [-0.15, -0.1) is 0 Å². The van der Waals surface area contributed by atoms with Crippen LogP contribution in [0.15, 0.2) is 0 Å². The van der Waals surface area contributed by atoms with Crippen molar-refractivity contribution in [1.82, 2.24) is 20.2 Å². The lowest BCUT2D eigenvalue weighted by Gasteiger charge is -2.15. The number of hydrogen-bond acceptors (Lipinski definition) is 4. The standard InChI is InChI=1S/C7H11F2N5/c1-14-6(11-12-13-14)10-4-7(8,9)5-2-3-5/h5H,2-4H2,1H3,(H,10,11,13). The van der Waals surface area contributed by atoms with E-state index >= 15 is 0 Å². The van der Waals surface area contributed by atoms with Crippen LogP contribution in [0.25, 0.3) is 0 Å². The van der Waals surface area contributed by atoms with Gasteiger partial charge in [0.15, 0.2) is 0 Å². The molecule has 1 aromatic rings. The van der Waals surface area contributed by atoms with E-state index in [0.29, 0.717) is 12.8 Å². The fourth-order valence-corrected chi connectivity index (χ4v) is 1.23. The molecule has 1 saturated carbocycles. The third kappa shape index (κ3) is 1.80. The Balaban J connectivity index is 1.90. The topological polar surface area (TPSA) is 55.6 Å². The number of tetrazole rings is 1. The number of alkyl halides is 2. The maximum absolute atomic E-state index is 13.2. The van der Waals surface area contributed by atoms with Crippen LogP contribution < -0.4 is 5.32 Å². The van der Waals surface area contributed by atoms with Crippen molar-refractivity contribution >= 4 is 5.95 Å². The number of halogens is 2. The quantitative estimate of drug-likeness (QED) is 0.781. The van der Waals surface area contributed by atoms with Crippen molar-refractivity contribution in [2.24, 2.45) is 13.0 Å². The maximum Gasteiger partial charge on any atom is 0.267 e. The molecular weight excluding hydrogens is 192 g/mol. The van der Waals surface area contributed by atoms with Crippen LogP contribution in [0.3, 0.4) is 0 Å². The Morgan fingerprint density at radius 2 is 2.29 bits per heavy atom. The molecule has 0 spiro atoms. The molecule has 2 rings (SSSR count). The molecule has 1 aliphatic rings. The molecule has 0 amide bonds. The van der Waals surface area contributed by atoms with Gasteiger partial charge in [0.05, 0.1) is 6.54 Å². The molecule has 0 unspecified atom stereocenters. The first-order chi connectivity index (χ1) is 6.59. The monoisotopic (exact) mass is 203 g/mol. The van der Waals surface area contributed by atoms with Crippen LogP contribution in [0.5, 0.6) is 0 Å². The minimum Gasteiger partial charge on any atom is -0.347 e. The molecule has 78 valence electrons. The highest BCUT2D eigenvalue weighted by Gasteiger charge is 2.46. The summed E-state index contributed by atoms with van der Waals surface area (Å²) in [7, 11) is 1.59. The molecule has 14 heavy (non-hydrogen) atoms. The van der Waals surface area contributed by atoms with Crippen molar-refractivity contribution in [3.8, 4) is 0 Å². The van der Waals surface area contributed by atoms with E-state index in [1.165, 1.54) is 4.68 Å². The average molecular weight is 203 g/mol. The summed E-state index contributed by atoms with van der Waals surface area (Å²) in [5, 5.41) is 13.0. The normalized spacial score (nSPS) is 17.1. The smallest absolute Gasteiger partial charge is 0.267 e. The van der Waals surface area contributed by atoms with Crippen molar-refractivity contribution < 1.29 is 8.78 Å². The van der Waals surface area contributed by atoms with E-state index in [9.17, 15) is 8.78 Å². The number of hydrogen-bond donors (Lipinski definition) is 1. The Morgan fingerprint density at radius 3 is 2.79 bits per heavy atom. The summed E-state index contributed by atoms with van der Waals surface area (Å²) in [4.78, 5) is 0. The van der Waals surface area contributed by atoms with Gasteiger partial charge in [0.25, 0.3) is 5.92 Å². The molecule has 1 aromatic heterocycles. The minimum atomic E-state index is -2.65. The van der Waals surface area contributed by atoms with Gasteiger partial charge < -0.3 is 5.32 Å². The van der Waals surface area contributed by atoms with Gasteiger partial charge in [-0.2, -0.15) is 0 Å². The third-order valence-corrected chi connectivity index (χ3v) is 2.28. The zero-order valence-corrected chi connectivity index (χ0v) is 7.74. The Labute approximate surface area is 79.5 Å². The number of rotatable bonds is 4. The molecule has 0 aliphatic heterocycles. The molecule has 0 atom stereocenters. The fourth-order valence-electron chi connectivity index (χ4n) is 1.23. The van der Waals surface area contributed by atoms with Crippen molar-refractivity contribution in [3.05, 3.63) is 0 Å². The van der Waals surface area contributed by atoms with Gasteiger partial charge in [-0.1, -0.05) is 5.10 Å². The van der Waals surface area contributed by atoms with Crippen LogP contribution >= 0.6 is 0 Å². The van der Waals surface area contributed by atoms with Crippen LogP contribution in [0.2, 0.25) is 0 Å². The van der Waals surface area contributed by atoms with Crippen molar-refractivity contribution in [2.45, 2.75) is 18.8 Å². The molecule has 5 nitrogen and oxygen atoms in total. The molecule has 1 fully saturated rings. The second kappa shape index (κ2) is 3.14. The van der Waals surface area contributed by atoms with Crippen LogP contribution in [-0.4, -0.2) is 32.7 Å². The Hall–Kier alpha value is -1.27. The van der Waals surface area contributed by atoms with E-state index in [0.717, 1.165) is 0 Å². The second-order valence-electron chi connectivity index (χ2n) is 3.51. The molecular formula is C7H11F2N5. The Morgan fingerprint density at radius 1 is 1.57 bits per heavy atom. The molecule has 0 aromatic carbocycles. The first-order valence-corrected chi connectivity index (χ1v) is 4.43. The number of aromatic nitrogens is 4. The number of aryl methyl sites for hydroxylation is 1. The molecule has 7 heteroatoms. The molecule has 0 radical (unpaired) electrons. The van der Waals surface area contributed by atoms with Gasteiger partial charge in [-0.05, 0) is 23.3 Å². The van der Waals surface area contributed by atoms with Crippen molar-refractivity contribution in [3.63, 3.8) is 0 Å². The minimum absolute atomic E-state index is 0.269. The summed E-state index contributed by atoms with van der Waals surface area (Å²) in [5.74, 6) is -2.84. The third-order valence-electron chi connectivity index (χ3n) is 2.28. The van der Waals surface area contributed by atoms with Gasteiger partial charge >= 0.3 is 0 Å². The first-order valence-electron chi connectivity index (χ1n) is 4.43. The zero-order valence-electron chi connectivity index (χ0n) is 7.74. The Kier molecular flexibility index (Phi) is 2.09. The Bertz CT molecular complexity index is 320. The van der Waals surface area contributed by atoms with E-state index < -0.39 is 18.4 Å². The SMILES string of the molecule is Cn1nnnc1NCC(F)(F)C1CC1. The van der Waals surface area contributed by atoms with Crippen LogP contribution in [0.1, 0.15) is 12.8 Å². The lowest BCUT2D eigenvalue weighted by Crippen LogP contribution is -2.30. The molecule has 0 bridgehead atoms. The van der Waals surface area contributed by atoms with E-state index in [1.54, 1.807) is 7.05 Å². The summed E-state index contributed by atoms with van der Waals surface area (Å²) in [5.41, 5.74) is 0. The maximum atomic E-state index is 13.2. The molecule has 0 saturated heterocycles. The zero-order chi connectivity index (χ0) is 10.2. The fraction of sp³-hybridized carbons (Fsp3) is 0.857. The number of anilines is 1. The summed E-state index contributed by atoms with van der Waals surface area (Å²) in [6, 6.07) is 0. The van der Waals surface area contributed by atoms with Crippen LogP contribution in [-0.2, 0) is 7.05 Å². The molecule has 1 aliphatic carbocycles. The molecule has 1 N–H and O–H groups in total. The summed E-state index contributed by atoms with van der Waals surface area (Å²) in [6.07, 6.45) is 1.23. The van der Waals surface area contributed by atoms with Gasteiger partial charge in [-0.25, -0.2) is 13.5 Å². The predicted octanol–water partition coefficient (Wildman–Crippen LogP) is 0.667. The highest BCUT2D eigenvalue weighted by molar-refractivity contribution is 5.21. The van der Waals surface area contributed by atoms with Gasteiger partial charge in [-0.3, -0.25) is 0 Å². The molecule has 1 heterocycles. The van der Waals surface area contributed by atoms with Crippen LogP contribution in [0, 0.1) is 5.92 Å². The van der Waals surface area contributed by atoms with Gasteiger partial charge in [0, 0.05) is 13.0 Å².